The Balaban J connectivity index is 1.93. The zero-order valence-electron chi connectivity index (χ0n) is 11.4. The first-order valence-corrected chi connectivity index (χ1v) is 6.96. The fraction of sp³-hybridized carbons (Fsp3) is 0.0625. The zero-order valence-corrected chi connectivity index (χ0v) is 12.2. The number of amides is 4. The predicted molar refractivity (Wildman–Crippen MR) is 81.3 cm³/mol. The van der Waals surface area contributed by atoms with Gasteiger partial charge < -0.3 is 0 Å². The average Bonchev–Trinajstić information content (AvgIpc) is 2.73. The van der Waals surface area contributed by atoms with Crippen LogP contribution in [0.2, 0.25) is 5.02 Å². The van der Waals surface area contributed by atoms with Gasteiger partial charge in [0.25, 0.3) is 0 Å². The van der Waals surface area contributed by atoms with Crippen molar-refractivity contribution in [2.24, 2.45) is 0 Å². The first kappa shape index (κ1) is 14.3. The lowest BCUT2D eigenvalue weighted by Gasteiger charge is -2.16. The molecule has 0 aliphatic carbocycles. The van der Waals surface area contributed by atoms with Gasteiger partial charge in [-0.05, 0) is 17.7 Å². The van der Waals surface area contributed by atoms with E-state index in [0.29, 0.717) is 0 Å². The largest absolute Gasteiger partial charge is 0.339 e. The van der Waals surface area contributed by atoms with E-state index in [4.69, 9.17) is 11.6 Å². The van der Waals surface area contributed by atoms with Crippen LogP contribution in [-0.4, -0.2) is 22.7 Å². The molecule has 5 nitrogen and oxygen atoms in total. The minimum Gasteiger partial charge on any atom is -0.263 e. The molecule has 0 aromatic heterocycles. The lowest BCUT2D eigenvalue weighted by molar-refractivity contribution is -0.139. The number of nitrogens with zero attached hydrogens (tertiary/aromatic N) is 2. The molecule has 22 heavy (non-hydrogen) atoms. The van der Waals surface area contributed by atoms with Crippen molar-refractivity contribution in [1.82, 2.24) is 4.90 Å². The molecule has 1 saturated heterocycles. The van der Waals surface area contributed by atoms with Crippen LogP contribution >= 0.6 is 11.6 Å². The van der Waals surface area contributed by atoms with Crippen molar-refractivity contribution in [2.75, 3.05) is 4.90 Å². The van der Waals surface area contributed by atoms with Gasteiger partial charge in [0.2, 0.25) is 0 Å². The molecule has 3 rings (SSSR count). The minimum absolute atomic E-state index is 0.0468. The quantitative estimate of drug-likeness (QED) is 0.646. The number of urea groups is 1. The molecule has 1 aliphatic rings. The van der Waals surface area contributed by atoms with Gasteiger partial charge in [0.15, 0.2) is 0 Å². The van der Waals surface area contributed by atoms with Crippen LogP contribution in [0, 0.1) is 0 Å². The normalized spacial score (nSPS) is 14.9. The van der Waals surface area contributed by atoms with Gasteiger partial charge in [0.05, 0.1) is 17.3 Å². The van der Waals surface area contributed by atoms with Gasteiger partial charge in [-0.1, -0.05) is 54.1 Å². The van der Waals surface area contributed by atoms with Crippen LogP contribution in [0.15, 0.2) is 54.6 Å². The fourth-order valence-corrected chi connectivity index (χ4v) is 2.48. The standard InChI is InChI=1S/C16H11ClN2O3/c17-12-8-4-5-9-13(12)19-15(21)14(20)18(16(19)22)10-11-6-2-1-3-7-11/h1-9H,10H2. The van der Waals surface area contributed by atoms with E-state index in [2.05, 4.69) is 0 Å². The molecule has 0 saturated carbocycles. The van der Waals surface area contributed by atoms with E-state index in [-0.39, 0.29) is 17.3 Å². The van der Waals surface area contributed by atoms with E-state index in [1.54, 1.807) is 42.5 Å². The number of para-hydroxylation sites is 1. The zero-order chi connectivity index (χ0) is 15.7. The number of hydrogen-bond donors (Lipinski definition) is 0. The molecule has 4 amide bonds. The highest BCUT2D eigenvalue weighted by atomic mass is 35.5. The number of anilines is 1. The first-order chi connectivity index (χ1) is 10.6. The van der Waals surface area contributed by atoms with Crippen LogP contribution in [-0.2, 0) is 16.1 Å². The van der Waals surface area contributed by atoms with Gasteiger partial charge in [0, 0.05) is 0 Å². The highest BCUT2D eigenvalue weighted by Crippen LogP contribution is 2.29. The Hall–Kier alpha value is -2.66. The summed E-state index contributed by atoms with van der Waals surface area (Å²) < 4.78 is 0. The van der Waals surface area contributed by atoms with Gasteiger partial charge >= 0.3 is 17.8 Å². The second-order valence-electron chi connectivity index (χ2n) is 4.75. The number of benzene rings is 2. The Morgan fingerprint density at radius 2 is 1.45 bits per heavy atom. The van der Waals surface area contributed by atoms with Crippen molar-refractivity contribution < 1.29 is 14.4 Å². The van der Waals surface area contributed by atoms with Crippen molar-refractivity contribution in [3.8, 4) is 0 Å². The molecule has 0 unspecified atom stereocenters. The van der Waals surface area contributed by atoms with Crippen LogP contribution in [0.25, 0.3) is 0 Å². The molecule has 0 radical (unpaired) electrons. The maximum atomic E-state index is 12.4. The van der Waals surface area contributed by atoms with E-state index in [1.165, 1.54) is 6.07 Å². The minimum atomic E-state index is -0.894. The summed E-state index contributed by atoms with van der Waals surface area (Å²) >= 11 is 6.01. The predicted octanol–water partition coefficient (Wildman–Crippen LogP) is 2.84. The van der Waals surface area contributed by atoms with E-state index in [0.717, 1.165) is 15.4 Å². The topological polar surface area (TPSA) is 57.7 Å². The maximum Gasteiger partial charge on any atom is 0.339 e. The summed E-state index contributed by atoms with van der Waals surface area (Å²) in [6.45, 7) is 0.0468. The molecule has 0 N–H and O–H groups in total. The second-order valence-corrected chi connectivity index (χ2v) is 5.16. The van der Waals surface area contributed by atoms with Crippen LogP contribution in [0.3, 0.4) is 0 Å². The average molecular weight is 315 g/mol. The van der Waals surface area contributed by atoms with Crippen molar-refractivity contribution in [1.29, 1.82) is 0 Å². The molecule has 0 bridgehead atoms. The SMILES string of the molecule is O=C1C(=O)N(c2ccccc2Cl)C(=O)N1Cc1ccccc1. The third kappa shape index (κ3) is 2.35. The van der Waals surface area contributed by atoms with Crippen LogP contribution in [0.5, 0.6) is 0 Å². The fourth-order valence-electron chi connectivity index (χ4n) is 2.26. The van der Waals surface area contributed by atoms with Crippen LogP contribution < -0.4 is 4.90 Å². The summed E-state index contributed by atoms with van der Waals surface area (Å²) in [5.74, 6) is -1.75. The summed E-state index contributed by atoms with van der Waals surface area (Å²) in [6.07, 6.45) is 0. The molecule has 2 aromatic rings. The van der Waals surface area contributed by atoms with Crippen molar-refractivity contribution >= 4 is 35.1 Å². The van der Waals surface area contributed by atoms with E-state index >= 15 is 0 Å². The van der Waals surface area contributed by atoms with E-state index in [9.17, 15) is 14.4 Å². The lowest BCUT2D eigenvalue weighted by Crippen LogP contribution is -2.33. The van der Waals surface area contributed by atoms with Crippen LogP contribution in [0.4, 0.5) is 10.5 Å². The van der Waals surface area contributed by atoms with Gasteiger partial charge in [-0.25, -0.2) is 9.69 Å². The molecule has 6 heteroatoms. The number of carbonyl (C=O) groups is 3. The molecule has 0 atom stereocenters. The van der Waals surface area contributed by atoms with Gasteiger partial charge in [0.1, 0.15) is 0 Å². The van der Waals surface area contributed by atoms with E-state index < -0.39 is 17.8 Å². The Morgan fingerprint density at radius 3 is 2.14 bits per heavy atom. The smallest absolute Gasteiger partial charge is 0.263 e. The Bertz CT molecular complexity index is 761. The summed E-state index contributed by atoms with van der Waals surface area (Å²) in [5, 5.41) is 0.235. The number of imide groups is 2. The molecule has 0 spiro atoms. The number of hydrogen-bond acceptors (Lipinski definition) is 3. The first-order valence-electron chi connectivity index (χ1n) is 6.58. The number of halogens is 1. The lowest BCUT2D eigenvalue weighted by atomic mass is 10.2. The van der Waals surface area contributed by atoms with Crippen LogP contribution in [0.1, 0.15) is 5.56 Å². The van der Waals surface area contributed by atoms with Gasteiger partial charge in [-0.3, -0.25) is 14.5 Å². The third-order valence-electron chi connectivity index (χ3n) is 3.33. The summed E-state index contributed by atoms with van der Waals surface area (Å²) in [7, 11) is 0. The second kappa shape index (κ2) is 5.61. The highest BCUT2D eigenvalue weighted by molar-refractivity contribution is 6.53. The third-order valence-corrected chi connectivity index (χ3v) is 3.65. The molecular weight excluding hydrogens is 304 g/mol. The summed E-state index contributed by atoms with van der Waals surface area (Å²) in [4.78, 5) is 38.4. The van der Waals surface area contributed by atoms with E-state index in [1.807, 2.05) is 6.07 Å². The Kier molecular flexibility index (Phi) is 3.65. The highest BCUT2D eigenvalue weighted by Gasteiger charge is 2.45. The molecule has 1 fully saturated rings. The Morgan fingerprint density at radius 1 is 0.818 bits per heavy atom. The van der Waals surface area contributed by atoms with Crippen molar-refractivity contribution in [3.05, 3.63) is 65.2 Å². The van der Waals surface area contributed by atoms with Gasteiger partial charge in [-0.2, -0.15) is 0 Å². The maximum absolute atomic E-state index is 12.4. The molecule has 1 aliphatic heterocycles. The van der Waals surface area contributed by atoms with Gasteiger partial charge in [-0.15, -0.1) is 0 Å². The van der Waals surface area contributed by atoms with Crippen molar-refractivity contribution in [2.45, 2.75) is 6.54 Å². The summed E-state index contributed by atoms with van der Waals surface area (Å²) in [5.41, 5.74) is 0.973. The molecule has 2 aromatic carbocycles. The Labute approximate surface area is 131 Å². The molecular formula is C16H11ClN2O3. The monoisotopic (exact) mass is 314 g/mol. The number of rotatable bonds is 3. The summed E-state index contributed by atoms with van der Waals surface area (Å²) in [6, 6.07) is 14.7. The van der Waals surface area contributed by atoms with Crippen molar-refractivity contribution in [3.63, 3.8) is 0 Å². The number of carbonyl (C=O) groups excluding carboxylic acids is 3. The molecule has 110 valence electrons. The molecule has 1 heterocycles.